The van der Waals surface area contributed by atoms with Crippen LogP contribution in [0.1, 0.15) is 37.3 Å². The third-order valence-corrected chi connectivity index (χ3v) is 5.21. The van der Waals surface area contributed by atoms with Gasteiger partial charge in [0.25, 0.3) is 0 Å². The van der Waals surface area contributed by atoms with Crippen molar-refractivity contribution in [1.29, 1.82) is 0 Å². The molecule has 6 heteroatoms. The molecule has 0 saturated carbocycles. The molecule has 0 spiro atoms. The van der Waals surface area contributed by atoms with Crippen LogP contribution in [0, 0.1) is 0 Å². The Morgan fingerprint density at radius 1 is 1.25 bits per heavy atom. The molecule has 4 nitrogen and oxygen atoms in total. The van der Waals surface area contributed by atoms with Gasteiger partial charge in [-0.05, 0) is 12.0 Å². The lowest BCUT2D eigenvalue weighted by Crippen LogP contribution is -2.29. The maximum Gasteiger partial charge on any atom is 0.218 e. The summed E-state index contributed by atoms with van der Waals surface area (Å²) in [5, 5.41) is 0. The molecule has 1 aromatic rings. The SMILES string of the molecule is CCCCCN(C)S(=O)(=O)Cc1ccc(C(N)=S)cc1. The minimum Gasteiger partial charge on any atom is -0.389 e. The summed E-state index contributed by atoms with van der Waals surface area (Å²) in [6, 6.07) is 7.02. The summed E-state index contributed by atoms with van der Waals surface area (Å²) in [6.07, 6.45) is 3.02. The summed E-state index contributed by atoms with van der Waals surface area (Å²) in [5.74, 6) is 0.00718. The van der Waals surface area contributed by atoms with E-state index in [0.29, 0.717) is 11.5 Å². The average Bonchev–Trinajstić information content (AvgIpc) is 2.39. The predicted molar refractivity (Wildman–Crippen MR) is 87.1 cm³/mol. The summed E-state index contributed by atoms with van der Waals surface area (Å²) >= 11 is 4.87. The summed E-state index contributed by atoms with van der Waals surface area (Å²) < 4.78 is 25.8. The molecule has 0 aliphatic rings. The first kappa shape index (κ1) is 17.1. The van der Waals surface area contributed by atoms with Crippen LogP contribution in [0.5, 0.6) is 0 Å². The number of nitrogens with two attached hydrogens (primary N) is 1. The van der Waals surface area contributed by atoms with Crippen molar-refractivity contribution in [2.75, 3.05) is 13.6 Å². The van der Waals surface area contributed by atoms with Crippen molar-refractivity contribution in [2.45, 2.75) is 31.9 Å². The van der Waals surface area contributed by atoms with E-state index in [1.165, 1.54) is 4.31 Å². The van der Waals surface area contributed by atoms with E-state index in [-0.39, 0.29) is 5.75 Å². The highest BCUT2D eigenvalue weighted by Gasteiger charge is 2.17. The van der Waals surface area contributed by atoms with Crippen molar-refractivity contribution in [3.8, 4) is 0 Å². The molecule has 0 aromatic heterocycles. The number of unbranched alkanes of at least 4 members (excludes halogenated alkanes) is 2. The van der Waals surface area contributed by atoms with Gasteiger partial charge in [-0.25, -0.2) is 12.7 Å². The Labute approximate surface area is 127 Å². The van der Waals surface area contributed by atoms with E-state index in [0.717, 1.165) is 30.4 Å². The molecule has 0 radical (unpaired) electrons. The van der Waals surface area contributed by atoms with Crippen LogP contribution in [0.4, 0.5) is 0 Å². The van der Waals surface area contributed by atoms with Crippen LogP contribution in [0.25, 0.3) is 0 Å². The Kier molecular flexibility index (Phi) is 6.58. The largest absolute Gasteiger partial charge is 0.389 e. The van der Waals surface area contributed by atoms with Crippen LogP contribution in [-0.2, 0) is 15.8 Å². The first-order valence-corrected chi connectivity index (χ1v) is 8.71. The average molecular weight is 314 g/mol. The van der Waals surface area contributed by atoms with Gasteiger partial charge in [0.2, 0.25) is 10.0 Å². The monoisotopic (exact) mass is 314 g/mol. The van der Waals surface area contributed by atoms with Gasteiger partial charge in [0, 0.05) is 19.2 Å². The summed E-state index contributed by atoms with van der Waals surface area (Å²) in [6.45, 7) is 2.67. The standard InChI is InChI=1S/C14H22N2O2S2/c1-3-4-5-10-16(2)20(17,18)11-12-6-8-13(9-7-12)14(15)19/h6-9H,3-5,10-11H2,1-2H3,(H2,15,19). The Balaban J connectivity index is 2.67. The Hall–Kier alpha value is -0.980. The molecule has 0 fully saturated rings. The molecule has 0 aliphatic carbocycles. The van der Waals surface area contributed by atoms with Gasteiger partial charge in [-0.2, -0.15) is 0 Å². The van der Waals surface area contributed by atoms with Gasteiger partial charge >= 0.3 is 0 Å². The topological polar surface area (TPSA) is 63.4 Å². The number of benzene rings is 1. The maximum atomic E-state index is 12.2. The van der Waals surface area contributed by atoms with Gasteiger partial charge in [0.15, 0.2) is 0 Å². The lowest BCUT2D eigenvalue weighted by Gasteiger charge is -2.17. The highest BCUT2D eigenvalue weighted by atomic mass is 32.2. The molecule has 1 rings (SSSR count). The first-order valence-electron chi connectivity index (χ1n) is 6.69. The van der Waals surface area contributed by atoms with E-state index in [9.17, 15) is 8.42 Å². The molecule has 1 aromatic carbocycles. The van der Waals surface area contributed by atoms with Crippen LogP contribution in [0.2, 0.25) is 0 Å². The molecule has 0 saturated heterocycles. The second-order valence-electron chi connectivity index (χ2n) is 4.85. The second kappa shape index (κ2) is 7.71. The summed E-state index contributed by atoms with van der Waals surface area (Å²) in [4.78, 5) is 0.316. The van der Waals surface area contributed by atoms with E-state index >= 15 is 0 Å². The molecule has 2 N–H and O–H groups in total. The Morgan fingerprint density at radius 3 is 2.35 bits per heavy atom. The zero-order chi connectivity index (χ0) is 15.2. The van der Waals surface area contributed by atoms with Crippen molar-refractivity contribution < 1.29 is 8.42 Å². The maximum absolute atomic E-state index is 12.2. The number of hydrogen-bond donors (Lipinski definition) is 1. The van der Waals surface area contributed by atoms with Crippen LogP contribution < -0.4 is 5.73 Å². The highest BCUT2D eigenvalue weighted by molar-refractivity contribution is 7.88. The van der Waals surface area contributed by atoms with Crippen molar-refractivity contribution >= 4 is 27.2 Å². The number of thiocarbonyl (C=S) groups is 1. The molecular weight excluding hydrogens is 292 g/mol. The lowest BCUT2D eigenvalue weighted by molar-refractivity contribution is 0.453. The molecule has 0 amide bonds. The van der Waals surface area contributed by atoms with E-state index < -0.39 is 10.0 Å². The lowest BCUT2D eigenvalue weighted by atomic mass is 10.1. The zero-order valence-electron chi connectivity index (χ0n) is 12.0. The third-order valence-electron chi connectivity index (χ3n) is 3.14. The minimum absolute atomic E-state index is 0.00718. The quantitative estimate of drug-likeness (QED) is 0.590. The fourth-order valence-electron chi connectivity index (χ4n) is 1.81. The minimum atomic E-state index is -3.26. The Morgan fingerprint density at radius 2 is 1.85 bits per heavy atom. The summed E-state index contributed by atoms with van der Waals surface area (Å²) in [5.41, 5.74) is 7.00. The van der Waals surface area contributed by atoms with Gasteiger partial charge in [-0.3, -0.25) is 0 Å². The van der Waals surface area contributed by atoms with Crippen LogP contribution in [0.15, 0.2) is 24.3 Å². The number of hydrogen-bond acceptors (Lipinski definition) is 3. The van der Waals surface area contributed by atoms with Gasteiger partial charge in [-0.1, -0.05) is 56.2 Å². The van der Waals surface area contributed by atoms with Gasteiger partial charge in [0.1, 0.15) is 4.99 Å². The van der Waals surface area contributed by atoms with Crippen LogP contribution in [0.3, 0.4) is 0 Å². The van der Waals surface area contributed by atoms with E-state index in [4.69, 9.17) is 18.0 Å². The normalized spacial score (nSPS) is 11.8. The molecule has 0 atom stereocenters. The fourth-order valence-corrected chi connectivity index (χ4v) is 3.19. The summed E-state index contributed by atoms with van der Waals surface area (Å²) in [7, 11) is -1.62. The number of sulfonamides is 1. The van der Waals surface area contributed by atoms with Gasteiger partial charge < -0.3 is 5.73 Å². The number of nitrogens with zero attached hydrogens (tertiary/aromatic N) is 1. The van der Waals surface area contributed by atoms with Crippen molar-refractivity contribution in [2.24, 2.45) is 5.73 Å². The van der Waals surface area contributed by atoms with Crippen molar-refractivity contribution in [1.82, 2.24) is 4.31 Å². The van der Waals surface area contributed by atoms with Gasteiger partial charge in [0.05, 0.1) is 5.75 Å². The predicted octanol–water partition coefficient (Wildman–Crippen LogP) is 2.27. The molecule has 0 aliphatic heterocycles. The van der Waals surface area contributed by atoms with Crippen LogP contribution in [-0.4, -0.2) is 31.3 Å². The van der Waals surface area contributed by atoms with E-state index in [1.54, 1.807) is 31.3 Å². The molecular formula is C14H22N2O2S2. The fraction of sp³-hybridized carbons (Fsp3) is 0.500. The second-order valence-corrected chi connectivity index (χ2v) is 7.36. The Bertz CT molecular complexity index is 539. The molecule has 0 heterocycles. The molecule has 0 unspecified atom stereocenters. The van der Waals surface area contributed by atoms with Crippen molar-refractivity contribution in [3.63, 3.8) is 0 Å². The van der Waals surface area contributed by atoms with Crippen LogP contribution >= 0.6 is 12.2 Å². The van der Waals surface area contributed by atoms with E-state index in [1.807, 2.05) is 0 Å². The third kappa shape index (κ3) is 5.19. The van der Waals surface area contributed by atoms with Crippen molar-refractivity contribution in [3.05, 3.63) is 35.4 Å². The van der Waals surface area contributed by atoms with E-state index in [2.05, 4.69) is 6.92 Å². The molecule has 20 heavy (non-hydrogen) atoms. The smallest absolute Gasteiger partial charge is 0.218 e. The molecule has 0 bridgehead atoms. The number of rotatable bonds is 8. The molecule has 112 valence electrons. The van der Waals surface area contributed by atoms with Gasteiger partial charge in [-0.15, -0.1) is 0 Å². The first-order chi connectivity index (χ1) is 9.36. The zero-order valence-corrected chi connectivity index (χ0v) is 13.6. The highest BCUT2D eigenvalue weighted by Crippen LogP contribution is 2.12.